The third-order valence-electron chi connectivity index (χ3n) is 7.24. The first kappa shape index (κ1) is 23.3. The summed E-state index contributed by atoms with van der Waals surface area (Å²) in [6.07, 6.45) is 1.67. The lowest BCUT2D eigenvalue weighted by molar-refractivity contribution is 0.0331. The van der Waals surface area contributed by atoms with Gasteiger partial charge in [0.25, 0.3) is 0 Å². The maximum absolute atomic E-state index is 13.1. The molecule has 0 bridgehead atoms. The molecule has 6 rings (SSSR count). The van der Waals surface area contributed by atoms with E-state index >= 15 is 0 Å². The maximum Gasteiger partial charge on any atom is 0.166 e. The largest absolute Gasteiger partial charge is 0.379 e. The molecule has 2 aliphatic heterocycles. The van der Waals surface area contributed by atoms with Gasteiger partial charge in [0.15, 0.2) is 5.78 Å². The third-order valence-corrected chi connectivity index (χ3v) is 8.11. The molecule has 36 heavy (non-hydrogen) atoms. The Balaban J connectivity index is 1.31. The Kier molecular flexibility index (Phi) is 6.77. The molecule has 184 valence electrons. The van der Waals surface area contributed by atoms with E-state index in [2.05, 4.69) is 39.4 Å². The number of hydrogen-bond donors (Lipinski definition) is 0. The predicted molar refractivity (Wildman–Crippen MR) is 145 cm³/mol. The summed E-state index contributed by atoms with van der Waals surface area (Å²) >= 11 is 1.69. The van der Waals surface area contributed by atoms with Gasteiger partial charge in [0, 0.05) is 48.6 Å². The molecule has 0 saturated carbocycles. The number of carbonyl (C=O) groups excluding carboxylic acids is 1. The standard InChI is InChI=1S/C29H30N4O2S/c34-27(22-9-5-2-6-10-22)23-11-13-33(14-12-23)28-26-24(21-7-3-1-4-8-21)20-36-29(26)31-25(30-28)19-32-15-17-35-18-16-32/h1-10,20,23H,11-19H2. The number of morpholine rings is 1. The lowest BCUT2D eigenvalue weighted by Crippen LogP contribution is -2.38. The van der Waals surface area contributed by atoms with Crippen LogP contribution in [-0.4, -0.2) is 60.0 Å². The average Bonchev–Trinajstić information content (AvgIpc) is 3.38. The highest BCUT2D eigenvalue weighted by molar-refractivity contribution is 7.17. The fraction of sp³-hybridized carbons (Fsp3) is 0.345. The van der Waals surface area contributed by atoms with Crippen LogP contribution in [0, 0.1) is 5.92 Å². The minimum atomic E-state index is 0.0601. The number of rotatable bonds is 6. The minimum absolute atomic E-state index is 0.0601. The first-order valence-electron chi connectivity index (χ1n) is 12.7. The van der Waals surface area contributed by atoms with Crippen molar-refractivity contribution in [1.82, 2.24) is 14.9 Å². The van der Waals surface area contributed by atoms with Crippen molar-refractivity contribution in [3.05, 3.63) is 77.4 Å². The van der Waals surface area contributed by atoms with Crippen LogP contribution < -0.4 is 4.90 Å². The van der Waals surface area contributed by atoms with Gasteiger partial charge in [-0.1, -0.05) is 60.7 Å². The van der Waals surface area contributed by atoms with E-state index in [0.717, 1.165) is 86.2 Å². The molecule has 2 aromatic carbocycles. The van der Waals surface area contributed by atoms with E-state index in [4.69, 9.17) is 14.7 Å². The monoisotopic (exact) mass is 498 g/mol. The van der Waals surface area contributed by atoms with Crippen LogP contribution in [0.15, 0.2) is 66.0 Å². The van der Waals surface area contributed by atoms with E-state index in [1.165, 1.54) is 11.1 Å². The van der Waals surface area contributed by atoms with E-state index in [9.17, 15) is 4.79 Å². The van der Waals surface area contributed by atoms with Crippen molar-refractivity contribution >= 4 is 33.2 Å². The molecule has 0 aliphatic carbocycles. The Labute approximate surface area is 215 Å². The van der Waals surface area contributed by atoms with Crippen LogP contribution in [0.3, 0.4) is 0 Å². The van der Waals surface area contributed by atoms with Crippen LogP contribution in [0.4, 0.5) is 5.82 Å². The summed E-state index contributed by atoms with van der Waals surface area (Å²) in [4.78, 5) is 29.0. The molecule has 4 heterocycles. The van der Waals surface area contributed by atoms with E-state index in [1.807, 2.05) is 36.4 Å². The second-order valence-corrected chi connectivity index (χ2v) is 10.4. The van der Waals surface area contributed by atoms with Gasteiger partial charge in [-0.15, -0.1) is 11.3 Å². The number of thiophene rings is 1. The Bertz CT molecular complexity index is 1330. The SMILES string of the molecule is O=C(c1ccccc1)C1CCN(c2nc(CN3CCOCC3)nc3scc(-c4ccccc4)c23)CC1. The van der Waals surface area contributed by atoms with E-state index in [0.29, 0.717) is 0 Å². The van der Waals surface area contributed by atoms with Gasteiger partial charge in [-0.05, 0) is 18.4 Å². The van der Waals surface area contributed by atoms with Crippen LogP contribution in [0.25, 0.3) is 21.3 Å². The van der Waals surface area contributed by atoms with Crippen molar-refractivity contribution in [2.75, 3.05) is 44.3 Å². The smallest absolute Gasteiger partial charge is 0.166 e. The third kappa shape index (κ3) is 4.78. The number of anilines is 1. The summed E-state index contributed by atoms with van der Waals surface area (Å²) in [7, 11) is 0. The zero-order chi connectivity index (χ0) is 24.3. The van der Waals surface area contributed by atoms with Crippen molar-refractivity contribution in [2.24, 2.45) is 5.92 Å². The number of benzene rings is 2. The topological polar surface area (TPSA) is 58.6 Å². The summed E-state index contributed by atoms with van der Waals surface area (Å²) in [6.45, 7) is 5.69. The van der Waals surface area contributed by atoms with Gasteiger partial charge in [0.2, 0.25) is 0 Å². The van der Waals surface area contributed by atoms with Gasteiger partial charge < -0.3 is 9.64 Å². The van der Waals surface area contributed by atoms with Crippen molar-refractivity contribution in [2.45, 2.75) is 19.4 Å². The average molecular weight is 499 g/mol. The van der Waals surface area contributed by atoms with Crippen LogP contribution in [-0.2, 0) is 11.3 Å². The molecule has 4 aromatic rings. The van der Waals surface area contributed by atoms with E-state index in [-0.39, 0.29) is 11.7 Å². The second-order valence-electron chi connectivity index (χ2n) is 9.54. The van der Waals surface area contributed by atoms with Crippen LogP contribution in [0.5, 0.6) is 0 Å². The van der Waals surface area contributed by atoms with Gasteiger partial charge in [0.05, 0.1) is 25.1 Å². The van der Waals surface area contributed by atoms with Gasteiger partial charge in [0.1, 0.15) is 16.5 Å². The molecule has 0 unspecified atom stereocenters. The fourth-order valence-electron chi connectivity index (χ4n) is 5.25. The van der Waals surface area contributed by atoms with E-state index < -0.39 is 0 Å². The first-order chi connectivity index (χ1) is 17.8. The number of ether oxygens (including phenoxy) is 1. The summed E-state index contributed by atoms with van der Waals surface area (Å²) in [5.74, 6) is 2.19. The molecule has 0 amide bonds. The maximum atomic E-state index is 13.1. The number of ketones is 1. The minimum Gasteiger partial charge on any atom is -0.379 e. The Morgan fingerprint density at radius 1 is 0.917 bits per heavy atom. The number of piperidine rings is 1. The molecule has 7 heteroatoms. The normalized spacial score (nSPS) is 17.5. The molecular formula is C29H30N4O2S. The van der Waals surface area contributed by atoms with Gasteiger partial charge in [-0.3, -0.25) is 9.69 Å². The van der Waals surface area contributed by atoms with Crippen LogP contribution in [0.2, 0.25) is 0 Å². The molecule has 0 N–H and O–H groups in total. The van der Waals surface area contributed by atoms with Crippen molar-refractivity contribution in [1.29, 1.82) is 0 Å². The Morgan fingerprint density at radius 2 is 1.61 bits per heavy atom. The zero-order valence-electron chi connectivity index (χ0n) is 20.3. The molecule has 2 aromatic heterocycles. The molecule has 0 spiro atoms. The summed E-state index contributed by atoms with van der Waals surface area (Å²) < 4.78 is 5.52. The molecule has 0 atom stereocenters. The first-order valence-corrected chi connectivity index (χ1v) is 13.6. The summed E-state index contributed by atoms with van der Waals surface area (Å²) in [6, 6.07) is 20.2. The number of carbonyl (C=O) groups is 1. The molecule has 6 nitrogen and oxygen atoms in total. The molecule has 2 saturated heterocycles. The fourth-order valence-corrected chi connectivity index (χ4v) is 6.21. The number of nitrogens with zero attached hydrogens (tertiary/aromatic N) is 4. The highest BCUT2D eigenvalue weighted by atomic mass is 32.1. The Morgan fingerprint density at radius 3 is 2.33 bits per heavy atom. The molecule has 2 fully saturated rings. The van der Waals surface area contributed by atoms with Crippen LogP contribution >= 0.6 is 11.3 Å². The lowest BCUT2D eigenvalue weighted by Gasteiger charge is -2.33. The highest BCUT2D eigenvalue weighted by Gasteiger charge is 2.29. The number of fused-ring (bicyclic) bond motifs is 1. The molecular weight excluding hydrogens is 468 g/mol. The predicted octanol–water partition coefficient (Wildman–Crippen LogP) is 5.29. The van der Waals surface area contributed by atoms with Crippen molar-refractivity contribution in [3.63, 3.8) is 0 Å². The zero-order valence-corrected chi connectivity index (χ0v) is 21.1. The Hall–Kier alpha value is -3.13. The van der Waals surface area contributed by atoms with Gasteiger partial charge >= 0.3 is 0 Å². The van der Waals surface area contributed by atoms with Crippen molar-refractivity contribution in [3.8, 4) is 11.1 Å². The van der Waals surface area contributed by atoms with Crippen molar-refractivity contribution < 1.29 is 9.53 Å². The second kappa shape index (κ2) is 10.5. The quantitative estimate of drug-likeness (QED) is 0.337. The van der Waals surface area contributed by atoms with E-state index in [1.54, 1.807) is 11.3 Å². The summed E-state index contributed by atoms with van der Waals surface area (Å²) in [5.41, 5.74) is 3.19. The molecule has 0 radical (unpaired) electrons. The lowest BCUT2D eigenvalue weighted by atomic mass is 9.89. The highest BCUT2D eigenvalue weighted by Crippen LogP contribution is 2.39. The van der Waals surface area contributed by atoms with Crippen LogP contribution in [0.1, 0.15) is 29.0 Å². The summed E-state index contributed by atoms with van der Waals surface area (Å²) in [5, 5.41) is 3.34. The number of hydrogen-bond acceptors (Lipinski definition) is 7. The number of Topliss-reactive ketones (excluding diaryl/α,β-unsaturated/α-hetero) is 1. The van der Waals surface area contributed by atoms with Gasteiger partial charge in [-0.25, -0.2) is 9.97 Å². The number of aromatic nitrogens is 2. The van der Waals surface area contributed by atoms with Gasteiger partial charge in [-0.2, -0.15) is 0 Å². The molecule has 2 aliphatic rings.